The van der Waals surface area contributed by atoms with Gasteiger partial charge in [-0.05, 0) is 66.6 Å². The van der Waals surface area contributed by atoms with Crippen molar-refractivity contribution in [3.63, 3.8) is 0 Å². The molecule has 1 N–H and O–H groups in total. The third-order valence-electron chi connectivity index (χ3n) is 7.37. The second kappa shape index (κ2) is 10.2. The molecular formula is C28H21F7N6O. The maximum Gasteiger partial charge on any atom is 0.416 e. The Labute approximate surface area is 233 Å². The van der Waals surface area contributed by atoms with Crippen molar-refractivity contribution >= 4 is 11.0 Å². The fraction of sp³-hybridized carbons (Fsp3) is 0.286. The molecule has 0 amide bonds. The van der Waals surface area contributed by atoms with Gasteiger partial charge in [-0.1, -0.05) is 12.1 Å². The zero-order valence-corrected chi connectivity index (χ0v) is 21.7. The van der Waals surface area contributed by atoms with Crippen molar-refractivity contribution < 1.29 is 35.5 Å². The van der Waals surface area contributed by atoms with Crippen LogP contribution in [-0.2, 0) is 30.1 Å². The van der Waals surface area contributed by atoms with Crippen molar-refractivity contribution in [1.82, 2.24) is 30.2 Å². The first-order valence-corrected chi connectivity index (χ1v) is 12.8. The largest absolute Gasteiger partial charge is 0.416 e. The molecule has 0 saturated carbocycles. The third-order valence-corrected chi connectivity index (χ3v) is 7.37. The van der Waals surface area contributed by atoms with E-state index < -0.39 is 47.4 Å². The monoisotopic (exact) mass is 590 g/mol. The Balaban J connectivity index is 1.36. The standard InChI is InChI=1S/C28H21F7N6O/c1-14(17-8-18(27(30,31)32)11-19(9-17)28(33,34)35)42-24-12-25-38-39-26(16-4-7-22-23(10-16)37-40-36-22)41(25)13-21(24)15-2-5-20(29)6-3-15/h2-11,14,21,24H,12-13H2,1H3,(H,36,37,40)/t14-,21-,24+/m1/s1. The number of nitrogens with one attached hydrogen (secondary N) is 1. The summed E-state index contributed by atoms with van der Waals surface area (Å²) in [4.78, 5) is 0. The van der Waals surface area contributed by atoms with Crippen molar-refractivity contribution in [1.29, 1.82) is 0 Å². The minimum absolute atomic E-state index is 0.0819. The van der Waals surface area contributed by atoms with Gasteiger partial charge >= 0.3 is 12.4 Å². The van der Waals surface area contributed by atoms with Gasteiger partial charge in [-0.3, -0.25) is 0 Å². The van der Waals surface area contributed by atoms with Gasteiger partial charge in [0.25, 0.3) is 0 Å². The van der Waals surface area contributed by atoms with Crippen LogP contribution in [-0.4, -0.2) is 36.3 Å². The van der Waals surface area contributed by atoms with Crippen molar-refractivity contribution in [3.05, 3.63) is 94.6 Å². The number of halogens is 7. The van der Waals surface area contributed by atoms with E-state index in [4.69, 9.17) is 4.74 Å². The van der Waals surface area contributed by atoms with Gasteiger partial charge in [0.2, 0.25) is 0 Å². The number of rotatable bonds is 5. The molecule has 5 aromatic rings. The van der Waals surface area contributed by atoms with Gasteiger partial charge in [0.05, 0.1) is 23.3 Å². The first kappa shape index (κ1) is 27.8. The minimum atomic E-state index is -4.99. The zero-order valence-electron chi connectivity index (χ0n) is 21.7. The maximum absolute atomic E-state index is 13.8. The average Bonchev–Trinajstić information content (AvgIpc) is 3.58. The summed E-state index contributed by atoms with van der Waals surface area (Å²) in [7, 11) is 0. The molecule has 0 unspecified atom stereocenters. The highest BCUT2D eigenvalue weighted by atomic mass is 19.4. The van der Waals surface area contributed by atoms with Crippen molar-refractivity contribution in [2.45, 2.75) is 50.4 Å². The summed E-state index contributed by atoms with van der Waals surface area (Å²) in [6.45, 7) is 1.66. The molecule has 0 spiro atoms. The first-order valence-electron chi connectivity index (χ1n) is 12.8. The number of benzene rings is 3. The van der Waals surface area contributed by atoms with Gasteiger partial charge < -0.3 is 9.30 Å². The average molecular weight is 591 g/mol. The number of hydrogen-bond acceptors (Lipinski definition) is 5. The molecule has 0 fully saturated rings. The second-order valence-electron chi connectivity index (χ2n) is 10.1. The van der Waals surface area contributed by atoms with E-state index in [0.717, 1.165) is 0 Å². The molecule has 0 saturated heterocycles. The minimum Gasteiger partial charge on any atom is -0.369 e. The molecule has 3 atom stereocenters. The van der Waals surface area contributed by atoms with E-state index in [1.165, 1.54) is 19.1 Å². The summed E-state index contributed by atoms with van der Waals surface area (Å²) in [6, 6.07) is 12.5. The molecule has 218 valence electrons. The molecule has 6 rings (SSSR count). The van der Waals surface area contributed by atoms with E-state index in [1.807, 2.05) is 10.6 Å². The molecule has 0 bridgehead atoms. The van der Waals surface area contributed by atoms with Crippen LogP contribution in [0.3, 0.4) is 0 Å². The predicted octanol–water partition coefficient (Wildman–Crippen LogP) is 6.88. The van der Waals surface area contributed by atoms with Gasteiger partial charge in [-0.25, -0.2) is 4.39 Å². The molecule has 1 aliphatic heterocycles. The van der Waals surface area contributed by atoms with E-state index in [1.54, 1.807) is 24.3 Å². The fourth-order valence-corrected chi connectivity index (χ4v) is 5.23. The molecule has 0 aliphatic carbocycles. The first-order chi connectivity index (χ1) is 19.9. The molecule has 1 aliphatic rings. The number of alkyl halides is 6. The van der Waals surface area contributed by atoms with Crippen molar-refractivity contribution in [3.8, 4) is 11.4 Å². The molecule has 0 radical (unpaired) electrons. The Hall–Kier alpha value is -4.33. The summed E-state index contributed by atoms with van der Waals surface area (Å²) >= 11 is 0. The summed E-state index contributed by atoms with van der Waals surface area (Å²) in [6.07, 6.45) is -11.7. The van der Waals surface area contributed by atoms with Crippen LogP contribution in [0.1, 0.15) is 47.0 Å². The van der Waals surface area contributed by atoms with Crippen LogP contribution in [0.4, 0.5) is 30.7 Å². The fourth-order valence-electron chi connectivity index (χ4n) is 5.23. The highest BCUT2D eigenvalue weighted by molar-refractivity contribution is 5.79. The lowest BCUT2D eigenvalue weighted by Gasteiger charge is -2.35. The van der Waals surface area contributed by atoms with Crippen LogP contribution in [0.5, 0.6) is 0 Å². The summed E-state index contributed by atoms with van der Waals surface area (Å²) in [5, 5.41) is 19.3. The third kappa shape index (κ3) is 5.33. The molecule has 2 aromatic heterocycles. The Kier molecular flexibility index (Phi) is 6.75. The number of nitrogens with zero attached hydrogens (tertiary/aromatic N) is 5. The van der Waals surface area contributed by atoms with Gasteiger partial charge in [0.15, 0.2) is 5.82 Å². The van der Waals surface area contributed by atoms with Gasteiger partial charge in [0.1, 0.15) is 22.7 Å². The molecule has 3 aromatic carbocycles. The van der Waals surface area contributed by atoms with Crippen molar-refractivity contribution in [2.75, 3.05) is 0 Å². The van der Waals surface area contributed by atoms with E-state index in [9.17, 15) is 30.7 Å². The molecule has 3 heterocycles. The number of H-pyrrole nitrogens is 1. The lowest BCUT2D eigenvalue weighted by atomic mass is 9.88. The lowest BCUT2D eigenvalue weighted by molar-refractivity contribution is -0.143. The van der Waals surface area contributed by atoms with E-state index in [2.05, 4.69) is 25.6 Å². The Morgan fingerprint density at radius 2 is 1.52 bits per heavy atom. The SMILES string of the molecule is C[C@@H](O[C@H]1Cc2nnc(-c3ccc4n[nH]nc4c3)n2C[C@@H]1c1ccc(F)cc1)c1cc(C(F)(F)F)cc(C(F)(F)F)c1. The predicted molar refractivity (Wildman–Crippen MR) is 135 cm³/mol. The van der Waals surface area contributed by atoms with E-state index in [0.29, 0.717) is 45.9 Å². The molecular weight excluding hydrogens is 569 g/mol. The van der Waals surface area contributed by atoms with Gasteiger partial charge in [0, 0.05) is 24.4 Å². The number of hydrogen-bond donors (Lipinski definition) is 1. The molecule has 14 heteroatoms. The summed E-state index contributed by atoms with van der Waals surface area (Å²) in [5.41, 5.74) is -0.457. The van der Waals surface area contributed by atoms with Crippen molar-refractivity contribution in [2.24, 2.45) is 0 Å². The van der Waals surface area contributed by atoms with Crippen LogP contribution in [0.25, 0.3) is 22.4 Å². The number of aromatic amines is 1. The Morgan fingerprint density at radius 3 is 2.19 bits per heavy atom. The van der Waals surface area contributed by atoms with Gasteiger partial charge in [-0.15, -0.1) is 10.2 Å². The van der Waals surface area contributed by atoms with Crippen LogP contribution in [0.2, 0.25) is 0 Å². The van der Waals surface area contributed by atoms with E-state index in [-0.39, 0.29) is 24.6 Å². The number of ether oxygens (including phenoxy) is 1. The Morgan fingerprint density at radius 1 is 0.857 bits per heavy atom. The maximum atomic E-state index is 13.8. The normalized spacial score (nSPS) is 18.3. The van der Waals surface area contributed by atoms with Gasteiger partial charge in [-0.2, -0.15) is 41.8 Å². The van der Waals surface area contributed by atoms with E-state index >= 15 is 0 Å². The zero-order chi connectivity index (χ0) is 29.8. The smallest absolute Gasteiger partial charge is 0.369 e. The second-order valence-corrected chi connectivity index (χ2v) is 10.1. The number of fused-ring (bicyclic) bond motifs is 2. The highest BCUT2D eigenvalue weighted by Crippen LogP contribution is 2.40. The number of aromatic nitrogens is 6. The molecule has 42 heavy (non-hydrogen) atoms. The highest BCUT2D eigenvalue weighted by Gasteiger charge is 2.39. The quantitative estimate of drug-likeness (QED) is 0.226. The topological polar surface area (TPSA) is 81.5 Å². The molecule has 7 nitrogen and oxygen atoms in total. The van der Waals surface area contributed by atoms with Crippen LogP contribution in [0.15, 0.2) is 60.7 Å². The summed E-state index contributed by atoms with van der Waals surface area (Å²) < 4.78 is 103. The summed E-state index contributed by atoms with van der Waals surface area (Å²) in [5.74, 6) is 0.122. The van der Waals surface area contributed by atoms with Crippen LogP contribution < -0.4 is 0 Å². The Bertz CT molecular complexity index is 1710. The lowest BCUT2D eigenvalue weighted by Crippen LogP contribution is -2.35. The van der Waals surface area contributed by atoms with Crippen LogP contribution >= 0.6 is 0 Å². The van der Waals surface area contributed by atoms with Crippen LogP contribution in [0, 0.1) is 5.82 Å².